The highest BCUT2D eigenvalue weighted by molar-refractivity contribution is 14.1. The van der Waals surface area contributed by atoms with Gasteiger partial charge in [0.2, 0.25) is 5.91 Å². The molecule has 5 nitrogen and oxygen atoms in total. The fraction of sp³-hybridized carbons (Fsp3) is 0.211. The van der Waals surface area contributed by atoms with Crippen molar-refractivity contribution in [1.29, 1.82) is 0 Å². The van der Waals surface area contributed by atoms with Gasteiger partial charge in [-0.2, -0.15) is 0 Å². The van der Waals surface area contributed by atoms with E-state index in [2.05, 4.69) is 32.9 Å². The molecule has 134 valence electrons. The molecule has 0 aliphatic heterocycles. The Hall–Kier alpha value is -1.87. The molecule has 1 amide bonds. The number of benzene rings is 2. The molecule has 7 heteroatoms. The summed E-state index contributed by atoms with van der Waals surface area (Å²) in [6, 6.07) is 13.2. The van der Waals surface area contributed by atoms with Gasteiger partial charge in [-0.1, -0.05) is 29.5 Å². The van der Waals surface area contributed by atoms with Crippen LogP contribution in [0.15, 0.2) is 52.4 Å². The van der Waals surface area contributed by atoms with Crippen molar-refractivity contribution in [1.82, 2.24) is 9.55 Å². The van der Waals surface area contributed by atoms with Crippen molar-refractivity contribution < 1.29 is 4.79 Å². The molecule has 0 bridgehead atoms. The number of aryl methyl sites for hydroxylation is 1. The number of thioether (sulfide) groups is 1. The molecule has 3 rings (SSSR count). The van der Waals surface area contributed by atoms with Crippen molar-refractivity contribution in [2.24, 2.45) is 0 Å². The van der Waals surface area contributed by atoms with E-state index in [1.165, 1.54) is 11.8 Å². The van der Waals surface area contributed by atoms with Crippen LogP contribution in [0, 0.1) is 10.5 Å². The zero-order chi connectivity index (χ0) is 18.7. The lowest BCUT2D eigenvalue weighted by atomic mass is 10.2. The van der Waals surface area contributed by atoms with Crippen LogP contribution in [-0.4, -0.2) is 21.2 Å². The lowest BCUT2D eigenvalue weighted by Crippen LogP contribution is -2.23. The fourth-order valence-electron chi connectivity index (χ4n) is 2.53. The van der Waals surface area contributed by atoms with Crippen molar-refractivity contribution >= 4 is 56.9 Å². The third-order valence-electron chi connectivity index (χ3n) is 3.87. The third kappa shape index (κ3) is 4.27. The fourth-order valence-corrected chi connectivity index (χ4v) is 3.88. The Morgan fingerprint density at radius 2 is 1.96 bits per heavy atom. The molecule has 1 heterocycles. The normalized spacial score (nSPS) is 10.9. The van der Waals surface area contributed by atoms with Crippen LogP contribution in [0.1, 0.15) is 12.5 Å². The Kier molecular flexibility index (Phi) is 5.98. The highest BCUT2D eigenvalue weighted by Crippen LogP contribution is 2.20. The number of amides is 1. The molecule has 0 unspecified atom stereocenters. The largest absolute Gasteiger partial charge is 0.325 e. The second-order valence-electron chi connectivity index (χ2n) is 5.81. The van der Waals surface area contributed by atoms with Crippen LogP contribution in [0.5, 0.6) is 0 Å². The number of nitrogens with one attached hydrogen (secondary N) is 1. The number of carbonyl (C=O) groups is 1. The number of rotatable bonds is 5. The van der Waals surface area contributed by atoms with Crippen LogP contribution in [0.3, 0.4) is 0 Å². The monoisotopic (exact) mass is 479 g/mol. The van der Waals surface area contributed by atoms with Gasteiger partial charge < -0.3 is 5.32 Å². The molecule has 1 N–H and O–H groups in total. The minimum atomic E-state index is -0.126. The van der Waals surface area contributed by atoms with Crippen LogP contribution in [0.4, 0.5) is 5.69 Å². The number of nitrogens with zero attached hydrogens (tertiary/aromatic N) is 2. The molecule has 0 fully saturated rings. The SMILES string of the molecule is CCn1c(SCC(=O)Nc2ccc(C)cc2)nc2ccc(I)cc2c1=O. The number of halogens is 1. The summed E-state index contributed by atoms with van der Waals surface area (Å²) in [6.45, 7) is 4.41. The summed E-state index contributed by atoms with van der Waals surface area (Å²) < 4.78 is 2.61. The van der Waals surface area contributed by atoms with E-state index in [0.717, 1.165) is 14.8 Å². The predicted molar refractivity (Wildman–Crippen MR) is 115 cm³/mol. The lowest BCUT2D eigenvalue weighted by Gasteiger charge is -2.11. The average molecular weight is 479 g/mol. The van der Waals surface area contributed by atoms with E-state index in [-0.39, 0.29) is 17.2 Å². The number of hydrogen-bond donors (Lipinski definition) is 1. The highest BCUT2D eigenvalue weighted by Gasteiger charge is 2.13. The summed E-state index contributed by atoms with van der Waals surface area (Å²) >= 11 is 3.45. The van der Waals surface area contributed by atoms with E-state index in [1.807, 2.05) is 56.3 Å². The number of aromatic nitrogens is 2. The van der Waals surface area contributed by atoms with E-state index < -0.39 is 0 Å². The number of anilines is 1. The summed E-state index contributed by atoms with van der Waals surface area (Å²) in [4.78, 5) is 29.5. The Morgan fingerprint density at radius 3 is 2.65 bits per heavy atom. The quantitative estimate of drug-likeness (QED) is 0.341. The molecule has 1 aromatic heterocycles. The number of fused-ring (bicyclic) bond motifs is 1. The second-order valence-corrected chi connectivity index (χ2v) is 8.00. The molecule has 0 aliphatic carbocycles. The molecule has 0 radical (unpaired) electrons. The van der Waals surface area contributed by atoms with Crippen LogP contribution in [0.2, 0.25) is 0 Å². The minimum absolute atomic E-state index is 0.0718. The second kappa shape index (κ2) is 8.22. The van der Waals surface area contributed by atoms with Crippen molar-refractivity contribution in [3.8, 4) is 0 Å². The molecule has 0 spiro atoms. The maximum Gasteiger partial charge on any atom is 0.262 e. The van der Waals surface area contributed by atoms with Gasteiger partial charge in [0.15, 0.2) is 5.16 Å². The van der Waals surface area contributed by atoms with E-state index in [9.17, 15) is 9.59 Å². The first-order chi connectivity index (χ1) is 12.5. The number of hydrogen-bond acceptors (Lipinski definition) is 4. The minimum Gasteiger partial charge on any atom is -0.325 e. The average Bonchev–Trinajstić information content (AvgIpc) is 2.62. The first kappa shape index (κ1) is 18.9. The van der Waals surface area contributed by atoms with E-state index >= 15 is 0 Å². The Labute approximate surface area is 169 Å². The van der Waals surface area contributed by atoms with Crippen LogP contribution in [0.25, 0.3) is 10.9 Å². The predicted octanol–water partition coefficient (Wildman–Crippen LogP) is 4.06. The molecule has 0 saturated carbocycles. The molecular weight excluding hydrogens is 461 g/mol. The van der Waals surface area contributed by atoms with Crippen LogP contribution < -0.4 is 10.9 Å². The Morgan fingerprint density at radius 1 is 1.23 bits per heavy atom. The molecule has 0 aliphatic rings. The van der Waals surface area contributed by atoms with Gasteiger partial charge >= 0.3 is 0 Å². The summed E-state index contributed by atoms with van der Waals surface area (Å²) in [5.74, 6) is 0.0642. The van der Waals surface area contributed by atoms with Crippen molar-refractivity contribution in [3.63, 3.8) is 0 Å². The zero-order valence-corrected chi connectivity index (χ0v) is 17.4. The van der Waals surface area contributed by atoms with Gasteiger partial charge in [-0.15, -0.1) is 0 Å². The van der Waals surface area contributed by atoms with Gasteiger partial charge in [0.25, 0.3) is 5.56 Å². The molecular formula is C19H18IN3O2S. The summed E-state index contributed by atoms with van der Waals surface area (Å²) in [6.07, 6.45) is 0. The van der Waals surface area contributed by atoms with Crippen LogP contribution >= 0.6 is 34.4 Å². The van der Waals surface area contributed by atoms with E-state index in [0.29, 0.717) is 22.6 Å². The Balaban J connectivity index is 1.79. The first-order valence-electron chi connectivity index (χ1n) is 8.17. The first-order valence-corrected chi connectivity index (χ1v) is 10.2. The van der Waals surface area contributed by atoms with Crippen molar-refractivity contribution in [3.05, 3.63) is 62.0 Å². The molecule has 2 aromatic carbocycles. The molecule has 0 atom stereocenters. The van der Waals surface area contributed by atoms with Gasteiger partial charge in [0.05, 0.1) is 16.7 Å². The van der Waals surface area contributed by atoms with Gasteiger partial charge in [-0.05, 0) is 66.8 Å². The van der Waals surface area contributed by atoms with Gasteiger partial charge in [0, 0.05) is 15.8 Å². The maximum absolute atomic E-state index is 12.7. The topological polar surface area (TPSA) is 64.0 Å². The Bertz CT molecular complexity index is 1020. The van der Waals surface area contributed by atoms with Gasteiger partial charge in [0.1, 0.15) is 0 Å². The van der Waals surface area contributed by atoms with E-state index in [4.69, 9.17) is 0 Å². The van der Waals surface area contributed by atoms with Crippen molar-refractivity contribution in [2.75, 3.05) is 11.1 Å². The van der Waals surface area contributed by atoms with E-state index in [1.54, 1.807) is 4.57 Å². The van der Waals surface area contributed by atoms with Crippen LogP contribution in [-0.2, 0) is 11.3 Å². The van der Waals surface area contributed by atoms with Gasteiger partial charge in [-0.3, -0.25) is 14.2 Å². The van der Waals surface area contributed by atoms with Gasteiger partial charge in [-0.25, -0.2) is 4.98 Å². The van der Waals surface area contributed by atoms with Crippen molar-refractivity contribution in [2.45, 2.75) is 25.5 Å². The summed E-state index contributed by atoms with van der Waals surface area (Å²) in [5.41, 5.74) is 2.48. The molecule has 3 aromatic rings. The summed E-state index contributed by atoms with van der Waals surface area (Å²) in [7, 11) is 0. The lowest BCUT2D eigenvalue weighted by molar-refractivity contribution is -0.113. The maximum atomic E-state index is 12.7. The zero-order valence-electron chi connectivity index (χ0n) is 14.5. The molecule has 0 saturated heterocycles. The molecule has 26 heavy (non-hydrogen) atoms. The smallest absolute Gasteiger partial charge is 0.262 e. The summed E-state index contributed by atoms with van der Waals surface area (Å²) in [5, 5.41) is 4.02. The number of carbonyl (C=O) groups excluding carboxylic acids is 1. The third-order valence-corrected chi connectivity index (χ3v) is 5.51. The highest BCUT2D eigenvalue weighted by atomic mass is 127. The standard InChI is InChI=1S/C19H18IN3O2S/c1-3-23-18(25)15-10-13(20)6-9-16(15)22-19(23)26-11-17(24)21-14-7-4-12(2)5-8-14/h4-10H,3,11H2,1-2H3,(H,21,24).